The molecule has 120 valence electrons. The number of nitrogens with one attached hydrogen (secondary N) is 2. The van der Waals surface area contributed by atoms with Gasteiger partial charge in [0.1, 0.15) is 6.04 Å². The van der Waals surface area contributed by atoms with Crippen molar-refractivity contribution in [1.82, 2.24) is 10.6 Å². The van der Waals surface area contributed by atoms with Gasteiger partial charge in [0.2, 0.25) is 0 Å². The Kier molecular flexibility index (Phi) is 5.79. The number of fused-ring (bicyclic) bond motifs is 2. The smallest absolute Gasteiger partial charge is 0.326 e. The minimum absolute atomic E-state index is 0.121. The highest BCUT2D eigenvalue weighted by Crippen LogP contribution is 2.49. The second kappa shape index (κ2) is 7.38. The van der Waals surface area contributed by atoms with Crippen LogP contribution in [-0.2, 0) is 4.79 Å². The summed E-state index contributed by atoms with van der Waals surface area (Å²) >= 11 is 1.58. The summed E-state index contributed by atoms with van der Waals surface area (Å²) in [5.41, 5.74) is 0. The maximum absolute atomic E-state index is 12.0. The number of carbonyl (C=O) groups excluding carboxylic acids is 1. The van der Waals surface area contributed by atoms with Crippen molar-refractivity contribution in [2.75, 3.05) is 12.0 Å². The van der Waals surface area contributed by atoms with Crippen molar-refractivity contribution in [1.29, 1.82) is 0 Å². The van der Waals surface area contributed by atoms with Gasteiger partial charge in [-0.2, -0.15) is 11.8 Å². The molecule has 2 saturated carbocycles. The largest absolute Gasteiger partial charge is 0.480 e. The number of hydrogen-bond acceptors (Lipinski definition) is 3. The highest BCUT2D eigenvalue weighted by molar-refractivity contribution is 7.98. The van der Waals surface area contributed by atoms with Gasteiger partial charge in [-0.15, -0.1) is 0 Å². The Hall–Kier alpha value is -0.910. The monoisotopic (exact) mass is 314 g/mol. The van der Waals surface area contributed by atoms with Crippen LogP contribution in [0.3, 0.4) is 0 Å². The highest BCUT2D eigenvalue weighted by Gasteiger charge is 2.42. The van der Waals surface area contributed by atoms with E-state index >= 15 is 0 Å². The molecule has 0 aromatic rings. The lowest BCUT2D eigenvalue weighted by Gasteiger charge is -2.29. The lowest BCUT2D eigenvalue weighted by atomic mass is 9.84. The average Bonchev–Trinajstić information content (AvgIpc) is 3.05. The van der Waals surface area contributed by atoms with E-state index in [4.69, 9.17) is 5.11 Å². The van der Waals surface area contributed by atoms with Crippen molar-refractivity contribution in [3.05, 3.63) is 0 Å². The zero-order chi connectivity index (χ0) is 15.4. The molecule has 3 N–H and O–H groups in total. The maximum atomic E-state index is 12.0. The van der Waals surface area contributed by atoms with Gasteiger partial charge < -0.3 is 15.7 Å². The molecule has 0 heterocycles. The van der Waals surface area contributed by atoms with Crippen LogP contribution in [0.15, 0.2) is 0 Å². The van der Waals surface area contributed by atoms with E-state index in [2.05, 4.69) is 10.6 Å². The molecule has 0 radical (unpaired) electrons. The molecule has 2 rings (SSSR count). The van der Waals surface area contributed by atoms with Gasteiger partial charge in [-0.05, 0) is 62.4 Å². The molecule has 5 nitrogen and oxygen atoms in total. The van der Waals surface area contributed by atoms with Crippen LogP contribution >= 0.6 is 11.8 Å². The van der Waals surface area contributed by atoms with Crippen molar-refractivity contribution in [2.45, 2.75) is 51.1 Å². The number of carbonyl (C=O) groups is 2. The summed E-state index contributed by atoms with van der Waals surface area (Å²) in [5.74, 6) is 1.91. The first kappa shape index (κ1) is 16.5. The molecule has 2 aliphatic carbocycles. The Labute approximate surface area is 130 Å². The fourth-order valence-electron chi connectivity index (χ4n) is 3.91. The van der Waals surface area contributed by atoms with E-state index in [0.717, 1.165) is 17.6 Å². The summed E-state index contributed by atoms with van der Waals surface area (Å²) in [7, 11) is 0. The SMILES string of the molecule is CSCC[C@@H](NC(=O)NC(C)C1CC2CCC1C2)C(=O)O. The van der Waals surface area contributed by atoms with E-state index in [9.17, 15) is 9.59 Å². The van der Waals surface area contributed by atoms with Gasteiger partial charge in [0.05, 0.1) is 0 Å². The normalized spacial score (nSPS) is 29.9. The molecule has 0 spiro atoms. The molecule has 21 heavy (non-hydrogen) atoms. The van der Waals surface area contributed by atoms with Gasteiger partial charge in [-0.1, -0.05) is 6.42 Å². The molecule has 2 aliphatic rings. The summed E-state index contributed by atoms with van der Waals surface area (Å²) in [6.07, 6.45) is 7.53. The second-order valence-electron chi connectivity index (χ2n) is 6.42. The minimum Gasteiger partial charge on any atom is -0.480 e. The lowest BCUT2D eigenvalue weighted by molar-refractivity contribution is -0.139. The van der Waals surface area contributed by atoms with Gasteiger partial charge >= 0.3 is 12.0 Å². The Morgan fingerprint density at radius 3 is 2.57 bits per heavy atom. The number of amides is 2. The molecule has 0 aliphatic heterocycles. The van der Waals surface area contributed by atoms with E-state index in [0.29, 0.717) is 12.3 Å². The number of carboxylic acids is 1. The Morgan fingerprint density at radius 1 is 1.29 bits per heavy atom. The molecule has 2 fully saturated rings. The van der Waals surface area contributed by atoms with Crippen LogP contribution in [0.1, 0.15) is 39.0 Å². The number of urea groups is 1. The number of thioether (sulfide) groups is 1. The van der Waals surface area contributed by atoms with Gasteiger partial charge in [-0.25, -0.2) is 9.59 Å². The van der Waals surface area contributed by atoms with Gasteiger partial charge in [-0.3, -0.25) is 0 Å². The topological polar surface area (TPSA) is 78.4 Å². The first-order chi connectivity index (χ1) is 10.0. The summed E-state index contributed by atoms with van der Waals surface area (Å²) in [6.45, 7) is 2.04. The summed E-state index contributed by atoms with van der Waals surface area (Å²) < 4.78 is 0. The average molecular weight is 314 g/mol. The van der Waals surface area contributed by atoms with Crippen molar-refractivity contribution in [3.8, 4) is 0 Å². The molecule has 6 heteroatoms. The predicted molar refractivity (Wildman–Crippen MR) is 84.5 cm³/mol. The number of rotatable bonds is 7. The van der Waals surface area contributed by atoms with Crippen LogP contribution < -0.4 is 10.6 Å². The maximum Gasteiger partial charge on any atom is 0.326 e. The fourth-order valence-corrected chi connectivity index (χ4v) is 4.38. The van der Waals surface area contributed by atoms with E-state index in [1.807, 2.05) is 13.2 Å². The van der Waals surface area contributed by atoms with E-state index in [1.165, 1.54) is 25.7 Å². The molecule has 0 aromatic carbocycles. The first-order valence-electron chi connectivity index (χ1n) is 7.80. The van der Waals surface area contributed by atoms with Crippen LogP contribution in [0, 0.1) is 17.8 Å². The van der Waals surface area contributed by atoms with Crippen molar-refractivity contribution < 1.29 is 14.7 Å². The van der Waals surface area contributed by atoms with E-state index < -0.39 is 12.0 Å². The molecule has 4 unspecified atom stereocenters. The Bertz CT molecular complexity index is 391. The molecule has 0 aromatic heterocycles. The third kappa shape index (κ3) is 4.28. The zero-order valence-corrected chi connectivity index (χ0v) is 13.6. The highest BCUT2D eigenvalue weighted by atomic mass is 32.2. The number of aliphatic carboxylic acids is 1. The minimum atomic E-state index is -0.966. The molecular formula is C15H26N2O3S. The Morgan fingerprint density at radius 2 is 2.05 bits per heavy atom. The van der Waals surface area contributed by atoms with Crippen LogP contribution in [0.5, 0.6) is 0 Å². The predicted octanol–water partition coefficient (Wildman–Crippen LogP) is 2.32. The van der Waals surface area contributed by atoms with Crippen LogP contribution in [0.4, 0.5) is 4.79 Å². The standard InChI is InChI=1S/C15H26N2O3S/c1-9(12-8-10-3-4-11(12)7-10)16-15(20)17-13(14(18)19)5-6-21-2/h9-13H,3-8H2,1-2H3,(H,18,19)(H2,16,17,20)/t9?,10?,11?,12?,13-/m1/s1. The molecule has 2 bridgehead atoms. The number of hydrogen-bond donors (Lipinski definition) is 3. The van der Waals surface area contributed by atoms with Gasteiger partial charge in [0, 0.05) is 6.04 Å². The summed E-state index contributed by atoms with van der Waals surface area (Å²) in [5, 5.41) is 14.7. The van der Waals surface area contributed by atoms with Crippen molar-refractivity contribution in [2.24, 2.45) is 17.8 Å². The molecule has 0 saturated heterocycles. The van der Waals surface area contributed by atoms with Crippen molar-refractivity contribution in [3.63, 3.8) is 0 Å². The second-order valence-corrected chi connectivity index (χ2v) is 7.40. The van der Waals surface area contributed by atoms with E-state index in [1.54, 1.807) is 11.8 Å². The fraction of sp³-hybridized carbons (Fsp3) is 0.867. The van der Waals surface area contributed by atoms with E-state index in [-0.39, 0.29) is 12.1 Å². The third-order valence-corrected chi connectivity index (χ3v) is 5.65. The Balaban J connectivity index is 1.78. The van der Waals surface area contributed by atoms with Crippen molar-refractivity contribution >= 4 is 23.8 Å². The third-order valence-electron chi connectivity index (χ3n) is 5.01. The lowest BCUT2D eigenvalue weighted by Crippen LogP contribution is -2.50. The molecular weight excluding hydrogens is 288 g/mol. The van der Waals surface area contributed by atoms with Gasteiger partial charge in [0.25, 0.3) is 0 Å². The molecule has 2 amide bonds. The van der Waals surface area contributed by atoms with Crippen LogP contribution in [0.2, 0.25) is 0 Å². The van der Waals surface area contributed by atoms with Gasteiger partial charge in [0.15, 0.2) is 0 Å². The first-order valence-corrected chi connectivity index (χ1v) is 9.19. The van der Waals surface area contributed by atoms with Crippen LogP contribution in [0.25, 0.3) is 0 Å². The van der Waals surface area contributed by atoms with Crippen LogP contribution in [-0.4, -0.2) is 41.2 Å². The zero-order valence-electron chi connectivity index (χ0n) is 12.8. The summed E-state index contributed by atoms with van der Waals surface area (Å²) in [6, 6.07) is -1.03. The summed E-state index contributed by atoms with van der Waals surface area (Å²) in [4.78, 5) is 23.1. The quantitative estimate of drug-likeness (QED) is 0.674. The molecule has 5 atom stereocenters. The number of carboxylic acid groups (broad SMARTS) is 1.